The van der Waals surface area contributed by atoms with Crippen LogP contribution in [0.25, 0.3) is 0 Å². The van der Waals surface area contributed by atoms with Crippen molar-refractivity contribution < 1.29 is 14.6 Å². The summed E-state index contributed by atoms with van der Waals surface area (Å²) in [5, 5.41) is 12.8. The molecular weight excluding hydrogens is 374 g/mol. The summed E-state index contributed by atoms with van der Waals surface area (Å²) in [6, 6.07) is 6.59. The summed E-state index contributed by atoms with van der Waals surface area (Å²) >= 11 is 1.65. The van der Waals surface area contributed by atoms with Gasteiger partial charge in [0.2, 0.25) is 0 Å². The van der Waals surface area contributed by atoms with Gasteiger partial charge in [0.25, 0.3) is 5.91 Å². The number of aromatic hydroxyl groups is 1. The number of thiazole rings is 1. The van der Waals surface area contributed by atoms with E-state index in [1.54, 1.807) is 29.5 Å². The first-order valence-corrected chi connectivity index (χ1v) is 10.6. The molecule has 7 heteroatoms. The van der Waals surface area contributed by atoms with Crippen LogP contribution in [0.15, 0.2) is 29.6 Å². The van der Waals surface area contributed by atoms with Gasteiger partial charge in [0.15, 0.2) is 0 Å². The van der Waals surface area contributed by atoms with Crippen LogP contribution in [-0.4, -0.2) is 64.6 Å². The van der Waals surface area contributed by atoms with Crippen LogP contribution in [0, 0.1) is 12.8 Å². The molecule has 2 aliphatic rings. The molecule has 0 bridgehead atoms. The lowest BCUT2D eigenvalue weighted by Crippen LogP contribution is -2.72. The molecule has 2 saturated heterocycles. The van der Waals surface area contributed by atoms with E-state index >= 15 is 0 Å². The Balaban J connectivity index is 1.31. The number of likely N-dealkylation sites (tertiary alicyclic amines) is 2. The van der Waals surface area contributed by atoms with Gasteiger partial charge in [-0.3, -0.25) is 9.69 Å². The highest BCUT2D eigenvalue weighted by Crippen LogP contribution is 2.39. The van der Waals surface area contributed by atoms with Gasteiger partial charge >= 0.3 is 0 Å². The summed E-state index contributed by atoms with van der Waals surface area (Å²) in [6.45, 7) is 5.82. The number of likely N-dealkylation sites (N-methyl/N-ethyl adjacent to an activating group) is 1. The van der Waals surface area contributed by atoms with Crippen LogP contribution in [0.2, 0.25) is 0 Å². The number of benzene rings is 1. The van der Waals surface area contributed by atoms with E-state index in [1.165, 1.54) is 6.07 Å². The van der Waals surface area contributed by atoms with E-state index in [0.717, 1.165) is 49.8 Å². The Hall–Kier alpha value is -1.96. The molecular formula is C21H27N3O3S. The smallest absolute Gasteiger partial charge is 0.254 e. The molecule has 2 aliphatic heterocycles. The average molecular weight is 402 g/mol. The molecule has 1 amide bonds. The lowest BCUT2D eigenvalue weighted by molar-refractivity contribution is -0.0769. The zero-order valence-corrected chi connectivity index (χ0v) is 17.2. The van der Waals surface area contributed by atoms with Gasteiger partial charge in [0, 0.05) is 24.0 Å². The Morgan fingerprint density at radius 2 is 2.25 bits per heavy atom. The number of hydrogen-bond acceptors (Lipinski definition) is 6. The van der Waals surface area contributed by atoms with Gasteiger partial charge in [0.05, 0.1) is 29.5 Å². The number of carbonyl (C=O) groups excluding carboxylic acids is 1. The Kier molecular flexibility index (Phi) is 5.40. The molecule has 150 valence electrons. The van der Waals surface area contributed by atoms with Crippen molar-refractivity contribution in [1.82, 2.24) is 14.8 Å². The molecule has 6 nitrogen and oxygen atoms in total. The number of phenols is 1. The quantitative estimate of drug-likeness (QED) is 0.835. The molecule has 1 aromatic carbocycles. The van der Waals surface area contributed by atoms with Crippen LogP contribution in [0.5, 0.6) is 5.75 Å². The van der Waals surface area contributed by atoms with Gasteiger partial charge in [-0.05, 0) is 57.5 Å². The summed E-state index contributed by atoms with van der Waals surface area (Å²) in [7, 11) is 2.16. The molecule has 28 heavy (non-hydrogen) atoms. The predicted octanol–water partition coefficient (Wildman–Crippen LogP) is 2.91. The van der Waals surface area contributed by atoms with Gasteiger partial charge in [-0.1, -0.05) is 6.07 Å². The number of piperidine rings is 1. The summed E-state index contributed by atoms with van der Waals surface area (Å²) < 4.78 is 5.94. The molecule has 2 fully saturated rings. The Labute approximate surface area is 169 Å². The second-order valence-corrected chi connectivity index (χ2v) is 9.15. The minimum Gasteiger partial charge on any atom is -0.508 e. The lowest BCUT2D eigenvalue weighted by atomic mass is 9.75. The van der Waals surface area contributed by atoms with Crippen molar-refractivity contribution in [2.75, 3.05) is 33.3 Å². The Bertz CT molecular complexity index is 847. The van der Waals surface area contributed by atoms with E-state index in [0.29, 0.717) is 18.1 Å². The number of ether oxygens (including phenoxy) is 1. The minimum absolute atomic E-state index is 0.00722. The molecule has 3 heterocycles. The number of aromatic nitrogens is 1. The summed E-state index contributed by atoms with van der Waals surface area (Å²) in [5.41, 5.74) is 1.61. The van der Waals surface area contributed by atoms with Crippen LogP contribution in [-0.2, 0) is 11.3 Å². The zero-order valence-electron chi connectivity index (χ0n) is 16.4. The van der Waals surface area contributed by atoms with E-state index in [4.69, 9.17) is 4.74 Å². The predicted molar refractivity (Wildman–Crippen MR) is 109 cm³/mol. The Morgan fingerprint density at radius 1 is 1.43 bits per heavy atom. The molecule has 1 aromatic heterocycles. The topological polar surface area (TPSA) is 65.9 Å². The lowest BCUT2D eigenvalue weighted by Gasteiger charge is -2.58. The van der Waals surface area contributed by atoms with Crippen LogP contribution in [0.3, 0.4) is 0 Å². The SMILES string of the molecule is Cc1nc(COCC2CCN(C)C3(C2)CN(C(=O)c2cccc(O)c2)C3)cs1. The number of hydrogen-bond donors (Lipinski definition) is 1. The number of rotatable bonds is 5. The first kappa shape index (κ1) is 19.4. The van der Waals surface area contributed by atoms with Crippen molar-refractivity contribution in [3.8, 4) is 5.75 Å². The highest BCUT2D eigenvalue weighted by atomic mass is 32.1. The maximum Gasteiger partial charge on any atom is 0.254 e. The van der Waals surface area contributed by atoms with E-state index in [-0.39, 0.29) is 17.2 Å². The summed E-state index contributed by atoms with van der Waals surface area (Å²) in [6.07, 6.45) is 2.16. The maximum atomic E-state index is 12.7. The third-order valence-corrected chi connectivity index (χ3v) is 6.79. The summed E-state index contributed by atoms with van der Waals surface area (Å²) in [5.74, 6) is 0.629. The van der Waals surface area contributed by atoms with Gasteiger partial charge in [-0.25, -0.2) is 4.98 Å². The van der Waals surface area contributed by atoms with E-state index in [1.807, 2.05) is 11.8 Å². The number of aryl methyl sites for hydroxylation is 1. The molecule has 1 atom stereocenters. The maximum absolute atomic E-state index is 12.7. The van der Waals surface area contributed by atoms with Crippen LogP contribution < -0.4 is 0 Å². The number of carbonyl (C=O) groups is 1. The molecule has 2 aromatic rings. The summed E-state index contributed by atoms with van der Waals surface area (Å²) in [4.78, 5) is 21.4. The first-order chi connectivity index (χ1) is 13.4. The third-order valence-electron chi connectivity index (χ3n) is 5.97. The Morgan fingerprint density at radius 3 is 2.96 bits per heavy atom. The molecule has 4 rings (SSSR count). The molecule has 1 spiro atoms. The molecule has 1 unspecified atom stereocenters. The average Bonchev–Trinajstić information content (AvgIpc) is 3.06. The van der Waals surface area contributed by atoms with Crippen LogP contribution in [0.4, 0.5) is 0 Å². The molecule has 1 N–H and O–H groups in total. The van der Waals surface area contributed by atoms with Crippen molar-refractivity contribution in [2.24, 2.45) is 5.92 Å². The fraction of sp³-hybridized carbons (Fsp3) is 0.524. The van der Waals surface area contributed by atoms with E-state index in [9.17, 15) is 9.90 Å². The molecule has 0 aliphatic carbocycles. The van der Waals surface area contributed by atoms with Gasteiger partial charge in [-0.2, -0.15) is 0 Å². The van der Waals surface area contributed by atoms with Crippen molar-refractivity contribution >= 4 is 17.2 Å². The van der Waals surface area contributed by atoms with Crippen LogP contribution in [0.1, 0.15) is 33.9 Å². The fourth-order valence-electron chi connectivity index (χ4n) is 4.36. The number of amides is 1. The highest BCUT2D eigenvalue weighted by molar-refractivity contribution is 7.09. The van der Waals surface area contributed by atoms with Crippen molar-refractivity contribution in [1.29, 1.82) is 0 Å². The fourth-order valence-corrected chi connectivity index (χ4v) is 4.95. The van der Waals surface area contributed by atoms with Gasteiger partial charge in [0.1, 0.15) is 5.75 Å². The van der Waals surface area contributed by atoms with Crippen molar-refractivity contribution in [2.45, 2.75) is 31.9 Å². The number of phenolic OH excluding ortho intramolecular Hbond substituents is 1. The van der Waals surface area contributed by atoms with E-state index < -0.39 is 0 Å². The first-order valence-electron chi connectivity index (χ1n) is 9.73. The van der Waals surface area contributed by atoms with Gasteiger partial charge < -0.3 is 14.7 Å². The normalized spacial score (nSPS) is 21.6. The second kappa shape index (κ2) is 7.81. The monoisotopic (exact) mass is 401 g/mol. The zero-order chi connectivity index (χ0) is 19.7. The van der Waals surface area contributed by atoms with Crippen molar-refractivity contribution in [3.63, 3.8) is 0 Å². The third kappa shape index (κ3) is 3.92. The second-order valence-electron chi connectivity index (χ2n) is 8.09. The van der Waals surface area contributed by atoms with E-state index in [2.05, 4.69) is 22.3 Å². The van der Waals surface area contributed by atoms with Gasteiger partial charge in [-0.15, -0.1) is 11.3 Å². The van der Waals surface area contributed by atoms with Crippen LogP contribution >= 0.6 is 11.3 Å². The largest absolute Gasteiger partial charge is 0.508 e. The number of nitrogens with zero attached hydrogens (tertiary/aromatic N) is 3. The highest BCUT2D eigenvalue weighted by Gasteiger charge is 2.51. The van der Waals surface area contributed by atoms with Crippen molar-refractivity contribution in [3.05, 3.63) is 45.9 Å². The molecule has 0 saturated carbocycles. The molecule has 0 radical (unpaired) electrons. The standard InChI is InChI=1S/C21H27N3O3S/c1-15-22-18(12-28-15)11-27-10-16-6-7-23(2)21(9-16)13-24(14-21)20(26)17-4-3-5-19(25)8-17/h3-5,8,12,16,25H,6-7,9-11,13-14H2,1-2H3. The minimum atomic E-state index is -0.00722.